The average Bonchev–Trinajstić information content (AvgIpc) is 2.84. The minimum Gasteiger partial charge on any atom is -0.466 e. The first kappa shape index (κ1) is 11.7. The van der Waals surface area contributed by atoms with E-state index in [1.54, 1.807) is 0 Å². The Hall–Kier alpha value is -0.800. The minimum atomic E-state index is 0.486. The highest BCUT2D eigenvalue weighted by atomic mass is 16.5. The van der Waals surface area contributed by atoms with Crippen LogP contribution in [0.25, 0.3) is 0 Å². The molecule has 1 aliphatic heterocycles. The standard InChI is InChI=1S/C13H21NO2/c1-10-8-12(11(2)16-10)9-14-6-5-13-4-3-7-15-13/h8,13-14H,3-7,9H2,1-2H3. The molecule has 0 aromatic carbocycles. The van der Waals surface area contributed by atoms with Crippen LogP contribution in [0.3, 0.4) is 0 Å². The first-order valence-corrected chi connectivity index (χ1v) is 6.14. The van der Waals surface area contributed by atoms with Gasteiger partial charge in [-0.2, -0.15) is 0 Å². The predicted octanol–water partition coefficient (Wildman–Crippen LogP) is 2.56. The summed E-state index contributed by atoms with van der Waals surface area (Å²) in [4.78, 5) is 0. The number of aryl methyl sites for hydroxylation is 2. The average molecular weight is 223 g/mol. The zero-order valence-corrected chi connectivity index (χ0v) is 10.2. The van der Waals surface area contributed by atoms with Gasteiger partial charge in [-0.1, -0.05) is 0 Å². The molecule has 1 aliphatic rings. The number of hydrogen-bond donors (Lipinski definition) is 1. The van der Waals surface area contributed by atoms with Crippen molar-refractivity contribution in [3.05, 3.63) is 23.2 Å². The Morgan fingerprint density at radius 1 is 1.44 bits per heavy atom. The van der Waals surface area contributed by atoms with E-state index in [1.807, 2.05) is 13.8 Å². The topological polar surface area (TPSA) is 34.4 Å². The molecule has 3 nitrogen and oxygen atoms in total. The molecule has 16 heavy (non-hydrogen) atoms. The molecule has 1 aromatic rings. The first-order chi connectivity index (χ1) is 7.75. The highest BCUT2D eigenvalue weighted by Crippen LogP contribution is 2.15. The second kappa shape index (κ2) is 5.51. The summed E-state index contributed by atoms with van der Waals surface area (Å²) in [6.07, 6.45) is 4.06. The Balaban J connectivity index is 1.65. The Kier molecular flexibility index (Phi) is 4.02. The van der Waals surface area contributed by atoms with Crippen molar-refractivity contribution >= 4 is 0 Å². The van der Waals surface area contributed by atoms with Crippen molar-refractivity contribution < 1.29 is 9.15 Å². The quantitative estimate of drug-likeness (QED) is 0.779. The number of furan rings is 1. The van der Waals surface area contributed by atoms with Crippen LogP contribution in [0.4, 0.5) is 0 Å². The molecule has 1 fully saturated rings. The summed E-state index contributed by atoms with van der Waals surface area (Å²) in [6, 6.07) is 2.11. The molecular formula is C13H21NO2. The van der Waals surface area contributed by atoms with Crippen molar-refractivity contribution in [3.8, 4) is 0 Å². The fraction of sp³-hybridized carbons (Fsp3) is 0.692. The molecule has 2 heterocycles. The second-order valence-electron chi connectivity index (χ2n) is 4.54. The van der Waals surface area contributed by atoms with Gasteiger partial charge in [-0.3, -0.25) is 0 Å². The second-order valence-corrected chi connectivity index (χ2v) is 4.54. The lowest BCUT2D eigenvalue weighted by molar-refractivity contribution is 0.104. The van der Waals surface area contributed by atoms with Gasteiger partial charge in [0.25, 0.3) is 0 Å². The third kappa shape index (κ3) is 3.09. The van der Waals surface area contributed by atoms with Crippen LogP contribution in [-0.2, 0) is 11.3 Å². The Bertz CT molecular complexity index is 327. The maximum absolute atomic E-state index is 5.57. The SMILES string of the molecule is Cc1cc(CNCCC2CCCO2)c(C)o1. The van der Waals surface area contributed by atoms with Crippen molar-refractivity contribution in [2.24, 2.45) is 0 Å². The maximum atomic E-state index is 5.57. The molecule has 0 saturated carbocycles. The summed E-state index contributed by atoms with van der Waals surface area (Å²) >= 11 is 0. The molecule has 0 aliphatic carbocycles. The lowest BCUT2D eigenvalue weighted by Crippen LogP contribution is -2.19. The van der Waals surface area contributed by atoms with E-state index < -0.39 is 0 Å². The van der Waals surface area contributed by atoms with Gasteiger partial charge in [0.2, 0.25) is 0 Å². The molecule has 1 N–H and O–H groups in total. The van der Waals surface area contributed by atoms with E-state index in [0.717, 1.165) is 37.6 Å². The molecule has 2 rings (SSSR count). The molecule has 0 radical (unpaired) electrons. The summed E-state index contributed by atoms with van der Waals surface area (Å²) in [5.41, 5.74) is 1.27. The fourth-order valence-electron chi connectivity index (χ4n) is 2.22. The number of ether oxygens (including phenoxy) is 1. The zero-order chi connectivity index (χ0) is 11.4. The van der Waals surface area contributed by atoms with Crippen LogP contribution in [-0.4, -0.2) is 19.3 Å². The van der Waals surface area contributed by atoms with Crippen LogP contribution in [0.2, 0.25) is 0 Å². The van der Waals surface area contributed by atoms with Crippen molar-refractivity contribution in [1.29, 1.82) is 0 Å². The molecular weight excluding hydrogens is 202 g/mol. The number of rotatable bonds is 5. The van der Waals surface area contributed by atoms with E-state index in [1.165, 1.54) is 18.4 Å². The summed E-state index contributed by atoms with van der Waals surface area (Å²) in [5, 5.41) is 3.44. The van der Waals surface area contributed by atoms with E-state index in [4.69, 9.17) is 9.15 Å². The van der Waals surface area contributed by atoms with Gasteiger partial charge in [0.05, 0.1) is 6.10 Å². The van der Waals surface area contributed by atoms with Gasteiger partial charge in [0.15, 0.2) is 0 Å². The van der Waals surface area contributed by atoms with Crippen molar-refractivity contribution in [3.63, 3.8) is 0 Å². The van der Waals surface area contributed by atoms with Crippen LogP contribution in [0, 0.1) is 13.8 Å². The normalized spacial score (nSPS) is 20.5. The van der Waals surface area contributed by atoms with Crippen molar-refractivity contribution in [1.82, 2.24) is 5.32 Å². The molecule has 3 heteroatoms. The molecule has 1 atom stereocenters. The van der Waals surface area contributed by atoms with Gasteiger partial charge in [0.1, 0.15) is 11.5 Å². The third-order valence-electron chi connectivity index (χ3n) is 3.13. The summed E-state index contributed by atoms with van der Waals surface area (Å²) in [7, 11) is 0. The molecule has 1 saturated heterocycles. The summed E-state index contributed by atoms with van der Waals surface area (Å²) in [6.45, 7) is 6.88. The Morgan fingerprint density at radius 3 is 2.94 bits per heavy atom. The van der Waals surface area contributed by atoms with E-state index in [-0.39, 0.29) is 0 Å². The van der Waals surface area contributed by atoms with Crippen LogP contribution in [0.15, 0.2) is 10.5 Å². The van der Waals surface area contributed by atoms with Crippen LogP contribution >= 0.6 is 0 Å². The lowest BCUT2D eigenvalue weighted by Gasteiger charge is -2.09. The van der Waals surface area contributed by atoms with Gasteiger partial charge in [-0.15, -0.1) is 0 Å². The highest BCUT2D eigenvalue weighted by molar-refractivity contribution is 5.19. The molecule has 90 valence electrons. The largest absolute Gasteiger partial charge is 0.466 e. The third-order valence-corrected chi connectivity index (χ3v) is 3.13. The number of hydrogen-bond acceptors (Lipinski definition) is 3. The van der Waals surface area contributed by atoms with E-state index in [2.05, 4.69) is 11.4 Å². The van der Waals surface area contributed by atoms with Gasteiger partial charge in [-0.05, 0) is 45.7 Å². The predicted molar refractivity (Wildman–Crippen MR) is 63.5 cm³/mol. The fourth-order valence-corrected chi connectivity index (χ4v) is 2.22. The zero-order valence-electron chi connectivity index (χ0n) is 10.2. The first-order valence-electron chi connectivity index (χ1n) is 6.14. The molecule has 0 spiro atoms. The van der Waals surface area contributed by atoms with E-state index >= 15 is 0 Å². The van der Waals surface area contributed by atoms with Crippen LogP contribution in [0.1, 0.15) is 36.3 Å². The van der Waals surface area contributed by atoms with E-state index in [0.29, 0.717) is 6.10 Å². The van der Waals surface area contributed by atoms with Crippen LogP contribution in [0.5, 0.6) is 0 Å². The van der Waals surface area contributed by atoms with Crippen LogP contribution < -0.4 is 5.32 Å². The molecule has 1 unspecified atom stereocenters. The summed E-state index contributed by atoms with van der Waals surface area (Å²) < 4.78 is 11.1. The molecule has 0 amide bonds. The van der Waals surface area contributed by atoms with Crippen molar-refractivity contribution in [2.45, 2.75) is 45.8 Å². The van der Waals surface area contributed by atoms with Gasteiger partial charge in [-0.25, -0.2) is 0 Å². The number of nitrogens with one attached hydrogen (secondary N) is 1. The Labute approximate surface area is 97.2 Å². The van der Waals surface area contributed by atoms with Gasteiger partial charge in [0, 0.05) is 18.7 Å². The maximum Gasteiger partial charge on any atom is 0.105 e. The van der Waals surface area contributed by atoms with Gasteiger partial charge < -0.3 is 14.5 Å². The van der Waals surface area contributed by atoms with E-state index in [9.17, 15) is 0 Å². The molecule has 0 bridgehead atoms. The Morgan fingerprint density at radius 2 is 2.31 bits per heavy atom. The minimum absolute atomic E-state index is 0.486. The highest BCUT2D eigenvalue weighted by Gasteiger charge is 2.14. The monoisotopic (exact) mass is 223 g/mol. The lowest BCUT2D eigenvalue weighted by atomic mass is 10.2. The smallest absolute Gasteiger partial charge is 0.105 e. The van der Waals surface area contributed by atoms with Crippen molar-refractivity contribution in [2.75, 3.05) is 13.2 Å². The van der Waals surface area contributed by atoms with Gasteiger partial charge >= 0.3 is 0 Å². The molecule has 1 aromatic heterocycles. The summed E-state index contributed by atoms with van der Waals surface area (Å²) in [5.74, 6) is 2.02.